The number of nitrogens with zero attached hydrogens (tertiary/aromatic N) is 8. The third kappa shape index (κ3) is 5.00. The maximum Gasteiger partial charge on any atom is 0.306 e. The van der Waals surface area contributed by atoms with Crippen LogP contribution in [-0.2, 0) is 18.4 Å². The minimum absolute atomic E-state index is 0.116. The molecule has 0 saturated heterocycles. The van der Waals surface area contributed by atoms with Crippen molar-refractivity contribution >= 4 is 11.9 Å². The molecule has 2 atom stereocenters. The molecule has 2 N–H and O–H groups in total. The molecule has 0 spiro atoms. The summed E-state index contributed by atoms with van der Waals surface area (Å²) in [6.45, 7) is 3.11. The molecule has 0 amide bonds. The van der Waals surface area contributed by atoms with Crippen molar-refractivity contribution in [2.45, 2.75) is 58.1 Å². The van der Waals surface area contributed by atoms with Crippen LogP contribution in [0.25, 0.3) is 11.4 Å². The summed E-state index contributed by atoms with van der Waals surface area (Å²) in [4.78, 5) is 17.6. The van der Waals surface area contributed by atoms with Gasteiger partial charge in [-0.25, -0.2) is 9.67 Å². The lowest BCUT2D eigenvalue weighted by Crippen LogP contribution is -2.29. The standard InChI is InChI=1S/C22H29N9O3/c1-13-19(34-16-5-3-4-15(10-16)21(32)33)9-8-17(24-13)20-18(30(2)28-25-20)12-31-27-22(26-29-31)23-11-14-6-7-14/h8-9,14-16H,3-7,10-12H2,1-2H3,(H,23,27)(H,32,33)/t15-,16-/m0/s1. The van der Waals surface area contributed by atoms with Crippen LogP contribution in [0.5, 0.6) is 5.75 Å². The van der Waals surface area contributed by atoms with Crippen LogP contribution in [-0.4, -0.2) is 63.9 Å². The number of carboxylic acids is 1. The van der Waals surface area contributed by atoms with Crippen LogP contribution in [0.3, 0.4) is 0 Å². The van der Waals surface area contributed by atoms with Crippen LogP contribution in [0, 0.1) is 18.8 Å². The molecule has 2 fully saturated rings. The number of nitrogens with one attached hydrogen (secondary N) is 1. The minimum Gasteiger partial charge on any atom is -0.489 e. The number of carbonyl (C=O) groups is 1. The molecule has 3 aromatic rings. The summed E-state index contributed by atoms with van der Waals surface area (Å²) >= 11 is 0. The minimum atomic E-state index is -0.749. The van der Waals surface area contributed by atoms with Crippen LogP contribution >= 0.6 is 0 Å². The molecule has 2 aliphatic rings. The average molecular weight is 468 g/mol. The number of aryl methyl sites for hydroxylation is 2. The van der Waals surface area contributed by atoms with Crippen molar-refractivity contribution < 1.29 is 14.6 Å². The van der Waals surface area contributed by atoms with Gasteiger partial charge in [0.2, 0.25) is 0 Å². The summed E-state index contributed by atoms with van der Waals surface area (Å²) in [5.41, 5.74) is 2.85. The molecule has 180 valence electrons. The Kier molecular flexibility index (Phi) is 6.12. The van der Waals surface area contributed by atoms with E-state index in [-0.39, 0.29) is 12.0 Å². The molecule has 3 heterocycles. The summed E-state index contributed by atoms with van der Waals surface area (Å²) in [7, 11) is 1.82. The second-order valence-corrected chi connectivity index (χ2v) is 9.20. The SMILES string of the molecule is Cc1nc(-c2nnn(C)c2Cn2nnc(NCC3CC3)n2)ccc1O[C@H]1CCC[C@H](C(=O)O)C1. The Labute approximate surface area is 196 Å². The van der Waals surface area contributed by atoms with Crippen LogP contribution < -0.4 is 10.1 Å². The fraction of sp³-hybridized carbons (Fsp3) is 0.591. The van der Waals surface area contributed by atoms with Gasteiger partial charge in [-0.05, 0) is 68.7 Å². The number of hydrogen-bond donors (Lipinski definition) is 2. The summed E-state index contributed by atoms with van der Waals surface area (Å²) < 4.78 is 7.81. The van der Waals surface area contributed by atoms with Crippen molar-refractivity contribution in [1.29, 1.82) is 0 Å². The van der Waals surface area contributed by atoms with E-state index in [1.807, 2.05) is 26.1 Å². The van der Waals surface area contributed by atoms with E-state index in [0.29, 0.717) is 42.5 Å². The lowest BCUT2D eigenvalue weighted by molar-refractivity contribution is -0.143. The Morgan fingerprint density at radius 1 is 1.21 bits per heavy atom. The first kappa shape index (κ1) is 22.2. The molecule has 12 nitrogen and oxygen atoms in total. The highest BCUT2D eigenvalue weighted by molar-refractivity contribution is 5.70. The number of anilines is 1. The first-order chi connectivity index (χ1) is 16.5. The van der Waals surface area contributed by atoms with Gasteiger partial charge in [-0.1, -0.05) is 10.3 Å². The number of pyridine rings is 1. The molecule has 2 saturated carbocycles. The Morgan fingerprint density at radius 2 is 2.06 bits per heavy atom. The lowest BCUT2D eigenvalue weighted by Gasteiger charge is -2.27. The van der Waals surface area contributed by atoms with Crippen molar-refractivity contribution in [3.8, 4) is 17.1 Å². The second kappa shape index (κ2) is 9.35. The molecular weight excluding hydrogens is 438 g/mol. The van der Waals surface area contributed by atoms with Gasteiger partial charge in [0.1, 0.15) is 18.0 Å². The number of aromatic nitrogens is 8. The van der Waals surface area contributed by atoms with Gasteiger partial charge in [-0.3, -0.25) is 4.79 Å². The largest absolute Gasteiger partial charge is 0.489 e. The quantitative estimate of drug-likeness (QED) is 0.479. The first-order valence-corrected chi connectivity index (χ1v) is 11.7. The average Bonchev–Trinajstić information content (AvgIpc) is 3.44. The van der Waals surface area contributed by atoms with Crippen molar-refractivity contribution in [1.82, 2.24) is 40.2 Å². The van der Waals surface area contributed by atoms with E-state index in [1.54, 1.807) is 4.68 Å². The van der Waals surface area contributed by atoms with E-state index in [1.165, 1.54) is 17.6 Å². The van der Waals surface area contributed by atoms with Gasteiger partial charge in [0.25, 0.3) is 5.95 Å². The molecular formula is C22H29N9O3. The first-order valence-electron chi connectivity index (χ1n) is 11.7. The fourth-order valence-electron chi connectivity index (χ4n) is 4.29. The van der Waals surface area contributed by atoms with E-state index in [9.17, 15) is 9.90 Å². The predicted molar refractivity (Wildman–Crippen MR) is 121 cm³/mol. The number of tetrazole rings is 1. The van der Waals surface area contributed by atoms with Crippen LogP contribution in [0.4, 0.5) is 5.95 Å². The molecule has 0 aromatic carbocycles. The Hall–Kier alpha value is -3.57. The Morgan fingerprint density at radius 3 is 2.82 bits per heavy atom. The zero-order valence-electron chi connectivity index (χ0n) is 19.4. The van der Waals surface area contributed by atoms with Gasteiger partial charge in [-0.2, -0.15) is 4.80 Å². The number of rotatable bonds is 9. The van der Waals surface area contributed by atoms with Crippen molar-refractivity contribution in [3.63, 3.8) is 0 Å². The third-order valence-electron chi connectivity index (χ3n) is 6.48. The molecule has 0 unspecified atom stereocenters. The number of hydrogen-bond acceptors (Lipinski definition) is 9. The summed E-state index contributed by atoms with van der Waals surface area (Å²) in [6.07, 6.45) is 5.32. The summed E-state index contributed by atoms with van der Waals surface area (Å²) in [5.74, 6) is 0.809. The van der Waals surface area contributed by atoms with E-state index >= 15 is 0 Å². The molecule has 5 rings (SSSR count). The third-order valence-corrected chi connectivity index (χ3v) is 6.48. The van der Waals surface area contributed by atoms with E-state index < -0.39 is 5.97 Å². The van der Waals surface area contributed by atoms with Gasteiger partial charge in [-0.15, -0.1) is 10.2 Å². The number of aliphatic carboxylic acids is 1. The van der Waals surface area contributed by atoms with Crippen molar-refractivity contribution in [3.05, 3.63) is 23.5 Å². The normalized spacial score (nSPS) is 20.3. The van der Waals surface area contributed by atoms with Crippen LogP contribution in [0.2, 0.25) is 0 Å². The van der Waals surface area contributed by atoms with E-state index in [4.69, 9.17) is 9.72 Å². The van der Waals surface area contributed by atoms with Crippen molar-refractivity contribution in [2.24, 2.45) is 18.9 Å². The van der Waals surface area contributed by atoms with Gasteiger partial charge in [0, 0.05) is 13.6 Å². The van der Waals surface area contributed by atoms with Gasteiger partial charge in [0.15, 0.2) is 0 Å². The summed E-state index contributed by atoms with van der Waals surface area (Å²) in [5, 5.41) is 33.7. The Bertz CT molecular complexity index is 1170. The maximum absolute atomic E-state index is 11.3. The van der Waals surface area contributed by atoms with E-state index in [0.717, 1.165) is 36.7 Å². The fourth-order valence-corrected chi connectivity index (χ4v) is 4.29. The predicted octanol–water partition coefficient (Wildman–Crippen LogP) is 2.06. The van der Waals surface area contributed by atoms with Crippen LogP contribution in [0.15, 0.2) is 12.1 Å². The molecule has 3 aromatic heterocycles. The summed E-state index contributed by atoms with van der Waals surface area (Å²) in [6, 6.07) is 3.72. The maximum atomic E-state index is 11.3. The molecule has 2 aliphatic carbocycles. The molecule has 0 radical (unpaired) electrons. The van der Waals surface area contributed by atoms with Gasteiger partial charge < -0.3 is 15.2 Å². The highest BCUT2D eigenvalue weighted by Gasteiger charge is 2.28. The number of carboxylic acid groups (broad SMARTS) is 1. The highest BCUT2D eigenvalue weighted by Crippen LogP contribution is 2.31. The zero-order chi connectivity index (χ0) is 23.7. The van der Waals surface area contributed by atoms with Gasteiger partial charge in [0.05, 0.1) is 29.1 Å². The van der Waals surface area contributed by atoms with Gasteiger partial charge >= 0.3 is 5.97 Å². The topological polar surface area (TPSA) is 146 Å². The molecule has 0 bridgehead atoms. The smallest absolute Gasteiger partial charge is 0.306 e. The molecule has 34 heavy (non-hydrogen) atoms. The zero-order valence-corrected chi connectivity index (χ0v) is 19.4. The van der Waals surface area contributed by atoms with Crippen LogP contribution in [0.1, 0.15) is 49.9 Å². The van der Waals surface area contributed by atoms with E-state index in [2.05, 4.69) is 31.0 Å². The monoisotopic (exact) mass is 467 g/mol. The Balaban J connectivity index is 1.29. The van der Waals surface area contributed by atoms with Crippen molar-refractivity contribution in [2.75, 3.05) is 11.9 Å². The highest BCUT2D eigenvalue weighted by atomic mass is 16.5. The lowest BCUT2D eigenvalue weighted by atomic mass is 9.87. The molecule has 12 heteroatoms. The second-order valence-electron chi connectivity index (χ2n) is 9.20. The molecule has 0 aliphatic heterocycles. The number of ether oxygens (including phenoxy) is 1.